The van der Waals surface area contributed by atoms with Crippen LogP contribution in [0.1, 0.15) is 16.8 Å². The minimum atomic E-state index is -3.37. The van der Waals surface area contributed by atoms with Gasteiger partial charge in [-0.2, -0.15) is 0 Å². The molecule has 1 atom stereocenters. The number of hydrogen-bond acceptors (Lipinski definition) is 6. The molecule has 8 nitrogen and oxygen atoms in total. The number of rotatable bonds is 8. The second-order valence-electron chi connectivity index (χ2n) is 5.82. The Morgan fingerprint density at radius 3 is 2.38 bits per heavy atom. The first kappa shape index (κ1) is 21.9. The number of nitrogens with zero attached hydrogens (tertiary/aromatic N) is 1. The van der Waals surface area contributed by atoms with Crippen LogP contribution in [0.25, 0.3) is 0 Å². The van der Waals surface area contributed by atoms with Crippen LogP contribution >= 0.6 is 11.6 Å². The molecule has 0 radical (unpaired) electrons. The zero-order chi connectivity index (χ0) is 19.9. The molecule has 0 saturated carbocycles. The van der Waals surface area contributed by atoms with E-state index in [1.54, 1.807) is 12.1 Å². The third-order valence-corrected chi connectivity index (χ3v) is 4.63. The fraction of sp³-hybridized carbons (Fsp3) is 0.438. The Bertz CT molecular complexity index is 779. The highest BCUT2D eigenvalue weighted by Crippen LogP contribution is 2.15. The summed E-state index contributed by atoms with van der Waals surface area (Å²) in [5.41, 5.74) is 0.135. The van der Waals surface area contributed by atoms with Gasteiger partial charge in [0.25, 0.3) is 11.8 Å². The lowest BCUT2D eigenvalue weighted by molar-refractivity contribution is -0.152. The Balaban J connectivity index is 2.87. The number of hydrogen-bond donors (Lipinski definition) is 1. The molecule has 0 unspecified atom stereocenters. The third kappa shape index (κ3) is 7.40. The lowest BCUT2D eigenvalue weighted by Gasteiger charge is -2.18. The summed E-state index contributed by atoms with van der Waals surface area (Å²) >= 11 is 5.95. The maximum atomic E-state index is 12.3. The third-order valence-electron chi connectivity index (χ3n) is 3.32. The highest BCUT2D eigenvalue weighted by molar-refractivity contribution is 7.90. The molecule has 0 spiro atoms. The largest absolute Gasteiger partial charge is 0.454 e. The quantitative estimate of drug-likeness (QED) is 0.632. The van der Waals surface area contributed by atoms with Crippen molar-refractivity contribution < 1.29 is 27.5 Å². The number of esters is 1. The summed E-state index contributed by atoms with van der Waals surface area (Å²) in [5, 5.41) is 2.60. The van der Waals surface area contributed by atoms with Gasteiger partial charge in [-0.25, -0.2) is 13.2 Å². The number of carbonyl (C=O) groups is 3. The van der Waals surface area contributed by atoms with E-state index in [-0.39, 0.29) is 22.8 Å². The molecule has 0 fully saturated rings. The van der Waals surface area contributed by atoms with E-state index in [1.807, 2.05) is 0 Å². The normalized spacial score (nSPS) is 12.2. The summed E-state index contributed by atoms with van der Waals surface area (Å²) in [5.74, 6) is -2.33. The number of likely N-dealkylation sites (N-methyl/N-ethyl adjacent to an activating group) is 1. The van der Waals surface area contributed by atoms with Gasteiger partial charge in [0.2, 0.25) is 0 Å². The van der Waals surface area contributed by atoms with Gasteiger partial charge in [0.15, 0.2) is 6.61 Å². The van der Waals surface area contributed by atoms with Gasteiger partial charge >= 0.3 is 5.97 Å². The van der Waals surface area contributed by atoms with E-state index in [1.165, 1.54) is 31.1 Å². The molecule has 144 valence electrons. The lowest BCUT2D eigenvalue weighted by Crippen LogP contribution is -2.44. The summed E-state index contributed by atoms with van der Waals surface area (Å²) in [6, 6.07) is 4.98. The Hall–Kier alpha value is -2.13. The molecule has 1 aromatic carbocycles. The Morgan fingerprint density at radius 2 is 1.85 bits per heavy atom. The first-order valence-corrected chi connectivity index (χ1v) is 10.0. The van der Waals surface area contributed by atoms with Crippen molar-refractivity contribution in [3.8, 4) is 0 Å². The van der Waals surface area contributed by atoms with E-state index >= 15 is 0 Å². The summed E-state index contributed by atoms with van der Waals surface area (Å²) in [7, 11) is -0.373. The predicted octanol–water partition coefficient (Wildman–Crippen LogP) is 0.505. The van der Waals surface area contributed by atoms with Crippen LogP contribution in [0.15, 0.2) is 24.3 Å². The van der Waals surface area contributed by atoms with E-state index in [9.17, 15) is 22.8 Å². The molecule has 0 aliphatic heterocycles. The number of benzene rings is 1. The molecule has 0 aromatic heterocycles. The lowest BCUT2D eigenvalue weighted by atomic mass is 10.1. The molecule has 0 bridgehead atoms. The van der Waals surface area contributed by atoms with Crippen molar-refractivity contribution in [1.29, 1.82) is 0 Å². The fourth-order valence-corrected chi connectivity index (χ4v) is 2.71. The molecule has 0 aliphatic rings. The van der Waals surface area contributed by atoms with Crippen molar-refractivity contribution in [2.24, 2.45) is 0 Å². The SMILES string of the molecule is CN(C)C(=O)COC(=O)[C@@H](CCS(C)(=O)=O)NC(=O)c1ccccc1Cl. The van der Waals surface area contributed by atoms with Gasteiger partial charge in [0, 0.05) is 20.4 Å². The van der Waals surface area contributed by atoms with Gasteiger partial charge < -0.3 is 15.0 Å². The van der Waals surface area contributed by atoms with Crippen molar-refractivity contribution in [2.45, 2.75) is 12.5 Å². The maximum absolute atomic E-state index is 12.3. The van der Waals surface area contributed by atoms with Gasteiger partial charge in [-0.1, -0.05) is 23.7 Å². The first-order chi connectivity index (χ1) is 12.0. The Labute approximate surface area is 157 Å². The van der Waals surface area contributed by atoms with E-state index in [2.05, 4.69) is 5.32 Å². The number of halogens is 1. The standard InChI is InChI=1S/C16H21ClN2O6S/c1-19(2)14(20)10-25-16(22)13(8-9-26(3,23)24)18-15(21)11-6-4-5-7-12(11)17/h4-7,13H,8-10H2,1-3H3,(H,18,21)/t13-/m1/s1. The summed E-state index contributed by atoms with van der Waals surface area (Å²) in [6.07, 6.45) is 0.824. The molecule has 2 amide bonds. The Morgan fingerprint density at radius 1 is 1.23 bits per heavy atom. The average Bonchev–Trinajstić information content (AvgIpc) is 2.55. The van der Waals surface area contributed by atoms with Gasteiger partial charge in [-0.05, 0) is 18.6 Å². The van der Waals surface area contributed by atoms with Crippen molar-refractivity contribution in [2.75, 3.05) is 32.7 Å². The van der Waals surface area contributed by atoms with Crippen LogP contribution in [0.3, 0.4) is 0 Å². The number of sulfone groups is 1. The van der Waals surface area contributed by atoms with E-state index in [0.717, 1.165) is 6.26 Å². The van der Waals surface area contributed by atoms with Crippen molar-refractivity contribution in [3.05, 3.63) is 34.9 Å². The second kappa shape index (κ2) is 9.54. The number of ether oxygens (including phenoxy) is 1. The molecule has 1 N–H and O–H groups in total. The number of amides is 2. The van der Waals surface area contributed by atoms with E-state index < -0.39 is 40.3 Å². The van der Waals surface area contributed by atoms with E-state index in [4.69, 9.17) is 16.3 Å². The van der Waals surface area contributed by atoms with E-state index in [0.29, 0.717) is 0 Å². The average molecular weight is 405 g/mol. The molecule has 0 heterocycles. The molecular weight excluding hydrogens is 384 g/mol. The molecule has 1 rings (SSSR count). The van der Waals surface area contributed by atoms with Crippen molar-refractivity contribution in [1.82, 2.24) is 10.2 Å². The van der Waals surface area contributed by atoms with Gasteiger partial charge in [0.05, 0.1) is 16.3 Å². The highest BCUT2D eigenvalue weighted by atomic mass is 35.5. The molecule has 26 heavy (non-hydrogen) atoms. The molecule has 10 heteroatoms. The maximum Gasteiger partial charge on any atom is 0.329 e. The van der Waals surface area contributed by atoms with Crippen LogP contribution in [-0.4, -0.2) is 69.9 Å². The zero-order valence-electron chi connectivity index (χ0n) is 14.7. The molecular formula is C16H21ClN2O6S. The monoisotopic (exact) mass is 404 g/mol. The van der Waals surface area contributed by atoms with Crippen LogP contribution in [-0.2, 0) is 24.2 Å². The number of nitrogens with one attached hydrogen (secondary N) is 1. The van der Waals surface area contributed by atoms with Crippen molar-refractivity contribution >= 4 is 39.2 Å². The fourth-order valence-electron chi connectivity index (χ4n) is 1.82. The van der Waals surface area contributed by atoms with Crippen LogP contribution < -0.4 is 5.32 Å². The van der Waals surface area contributed by atoms with Crippen molar-refractivity contribution in [3.63, 3.8) is 0 Å². The highest BCUT2D eigenvalue weighted by Gasteiger charge is 2.26. The van der Waals surface area contributed by atoms with Gasteiger partial charge in [0.1, 0.15) is 15.9 Å². The van der Waals surface area contributed by atoms with Crippen LogP contribution in [0.5, 0.6) is 0 Å². The minimum Gasteiger partial charge on any atom is -0.454 e. The topological polar surface area (TPSA) is 110 Å². The molecule has 1 aromatic rings. The Kier molecular flexibility index (Phi) is 8.04. The molecule has 0 saturated heterocycles. The first-order valence-electron chi connectivity index (χ1n) is 7.61. The van der Waals surface area contributed by atoms with Crippen LogP contribution in [0.2, 0.25) is 5.02 Å². The second-order valence-corrected chi connectivity index (χ2v) is 8.49. The number of carbonyl (C=O) groups excluding carboxylic acids is 3. The smallest absolute Gasteiger partial charge is 0.329 e. The molecule has 0 aliphatic carbocycles. The minimum absolute atomic E-state index is 0.135. The van der Waals surface area contributed by atoms with Crippen LogP contribution in [0, 0.1) is 0 Å². The summed E-state index contributed by atoms with van der Waals surface area (Å²) in [4.78, 5) is 37.3. The van der Waals surface area contributed by atoms with Gasteiger partial charge in [-0.3, -0.25) is 9.59 Å². The predicted molar refractivity (Wildman–Crippen MR) is 96.7 cm³/mol. The van der Waals surface area contributed by atoms with Gasteiger partial charge in [-0.15, -0.1) is 0 Å². The van der Waals surface area contributed by atoms with Crippen LogP contribution in [0.4, 0.5) is 0 Å². The zero-order valence-corrected chi connectivity index (χ0v) is 16.3. The summed E-state index contributed by atoms with van der Waals surface area (Å²) in [6.45, 7) is -0.511. The summed E-state index contributed by atoms with van der Waals surface area (Å²) < 4.78 is 27.6.